The molecule has 6 nitrogen and oxygen atoms in total. The van der Waals surface area contributed by atoms with Gasteiger partial charge in [-0.1, -0.05) is 0 Å². The number of H-pyrrole nitrogens is 1. The number of piperidine rings is 1. The van der Waals surface area contributed by atoms with Crippen molar-refractivity contribution >= 4 is 6.09 Å². The van der Waals surface area contributed by atoms with Crippen molar-refractivity contribution in [3.8, 4) is 0 Å². The lowest BCUT2D eigenvalue weighted by Crippen LogP contribution is -2.42. The summed E-state index contributed by atoms with van der Waals surface area (Å²) in [5.74, 6) is 0.694. The van der Waals surface area contributed by atoms with E-state index in [4.69, 9.17) is 4.74 Å². The van der Waals surface area contributed by atoms with E-state index in [1.54, 1.807) is 11.8 Å². The molecule has 2 rings (SSSR count). The van der Waals surface area contributed by atoms with Gasteiger partial charge in [0.15, 0.2) is 0 Å². The normalized spacial score (nSPS) is 19.4. The third kappa shape index (κ3) is 4.31. The SMILES string of the molecule is Cc1nc(C2CCCN(C(=O)OC(C)(C)C)C2)cc(=O)[nH]1. The summed E-state index contributed by atoms with van der Waals surface area (Å²) >= 11 is 0. The van der Waals surface area contributed by atoms with Gasteiger partial charge >= 0.3 is 6.09 Å². The van der Waals surface area contributed by atoms with Gasteiger partial charge in [-0.15, -0.1) is 0 Å². The molecule has 1 unspecified atom stereocenters. The van der Waals surface area contributed by atoms with Gasteiger partial charge in [0.2, 0.25) is 0 Å². The molecular formula is C15H23N3O3. The lowest BCUT2D eigenvalue weighted by Gasteiger charge is -2.33. The molecule has 6 heteroatoms. The quantitative estimate of drug-likeness (QED) is 0.861. The molecule has 116 valence electrons. The Morgan fingerprint density at radius 3 is 2.81 bits per heavy atom. The maximum Gasteiger partial charge on any atom is 0.410 e. The van der Waals surface area contributed by atoms with Crippen LogP contribution in [0.2, 0.25) is 0 Å². The average Bonchev–Trinajstić information content (AvgIpc) is 2.36. The summed E-state index contributed by atoms with van der Waals surface area (Å²) in [4.78, 5) is 32.4. The van der Waals surface area contributed by atoms with Crippen LogP contribution >= 0.6 is 0 Å². The van der Waals surface area contributed by atoms with Crippen LogP contribution in [0.1, 0.15) is 51.0 Å². The molecule has 1 saturated heterocycles. The van der Waals surface area contributed by atoms with E-state index in [1.807, 2.05) is 20.8 Å². The Hall–Kier alpha value is -1.85. The van der Waals surface area contributed by atoms with Crippen molar-refractivity contribution in [2.75, 3.05) is 13.1 Å². The maximum absolute atomic E-state index is 12.1. The number of hydrogen-bond donors (Lipinski definition) is 1. The number of amides is 1. The smallest absolute Gasteiger partial charge is 0.410 e. The molecule has 0 aliphatic carbocycles. The number of aromatic amines is 1. The third-order valence-corrected chi connectivity index (χ3v) is 3.37. The minimum Gasteiger partial charge on any atom is -0.444 e. The molecule has 21 heavy (non-hydrogen) atoms. The van der Waals surface area contributed by atoms with E-state index >= 15 is 0 Å². The molecule has 1 fully saturated rings. The summed E-state index contributed by atoms with van der Waals surface area (Å²) in [5.41, 5.74) is 0.111. The van der Waals surface area contributed by atoms with Crippen molar-refractivity contribution in [1.82, 2.24) is 14.9 Å². The zero-order chi connectivity index (χ0) is 15.6. The fraction of sp³-hybridized carbons (Fsp3) is 0.667. The van der Waals surface area contributed by atoms with E-state index in [9.17, 15) is 9.59 Å². The zero-order valence-electron chi connectivity index (χ0n) is 13.1. The molecule has 1 aromatic heterocycles. The second kappa shape index (κ2) is 5.87. The van der Waals surface area contributed by atoms with Crippen molar-refractivity contribution in [2.24, 2.45) is 0 Å². The minimum atomic E-state index is -0.497. The number of aromatic nitrogens is 2. The highest BCUT2D eigenvalue weighted by atomic mass is 16.6. The first-order valence-electron chi connectivity index (χ1n) is 7.30. The number of likely N-dealkylation sites (tertiary alicyclic amines) is 1. The van der Waals surface area contributed by atoms with Crippen LogP contribution in [0.3, 0.4) is 0 Å². The number of aryl methyl sites for hydroxylation is 1. The topological polar surface area (TPSA) is 75.3 Å². The van der Waals surface area contributed by atoms with Gasteiger partial charge in [-0.3, -0.25) is 4.79 Å². The maximum atomic E-state index is 12.1. The van der Waals surface area contributed by atoms with E-state index in [0.717, 1.165) is 18.5 Å². The average molecular weight is 293 g/mol. The van der Waals surface area contributed by atoms with Gasteiger partial charge in [0.1, 0.15) is 11.4 Å². The van der Waals surface area contributed by atoms with Crippen molar-refractivity contribution in [3.05, 3.63) is 27.9 Å². The van der Waals surface area contributed by atoms with Crippen molar-refractivity contribution in [2.45, 2.75) is 52.1 Å². The summed E-state index contributed by atoms with van der Waals surface area (Å²) in [6.45, 7) is 8.56. The van der Waals surface area contributed by atoms with Crippen LogP contribution in [0.4, 0.5) is 4.79 Å². The molecule has 0 radical (unpaired) electrons. The van der Waals surface area contributed by atoms with E-state index in [2.05, 4.69) is 9.97 Å². The van der Waals surface area contributed by atoms with Gasteiger partial charge in [0.05, 0.1) is 5.69 Å². The summed E-state index contributed by atoms with van der Waals surface area (Å²) in [6, 6.07) is 1.52. The first-order valence-corrected chi connectivity index (χ1v) is 7.30. The Labute approximate surface area is 124 Å². The summed E-state index contributed by atoms with van der Waals surface area (Å²) in [6.07, 6.45) is 1.51. The van der Waals surface area contributed by atoms with E-state index in [0.29, 0.717) is 18.9 Å². The van der Waals surface area contributed by atoms with Crippen molar-refractivity contribution in [3.63, 3.8) is 0 Å². The number of carbonyl (C=O) groups is 1. The highest BCUT2D eigenvalue weighted by molar-refractivity contribution is 5.68. The molecule has 1 aromatic rings. The number of hydrogen-bond acceptors (Lipinski definition) is 4. The molecule has 1 amide bonds. The van der Waals surface area contributed by atoms with E-state index < -0.39 is 5.60 Å². The molecular weight excluding hydrogens is 270 g/mol. The molecule has 0 aromatic carbocycles. The van der Waals surface area contributed by atoms with Gasteiger partial charge in [-0.05, 0) is 40.5 Å². The van der Waals surface area contributed by atoms with Crippen molar-refractivity contribution < 1.29 is 9.53 Å². The molecule has 0 saturated carbocycles. The van der Waals surface area contributed by atoms with Gasteiger partial charge in [0, 0.05) is 25.1 Å². The fourth-order valence-corrected chi connectivity index (χ4v) is 2.52. The number of rotatable bonds is 1. The first-order chi connectivity index (χ1) is 9.74. The monoisotopic (exact) mass is 293 g/mol. The Kier molecular flexibility index (Phi) is 4.34. The minimum absolute atomic E-state index is 0.0901. The van der Waals surface area contributed by atoms with Gasteiger partial charge in [-0.2, -0.15) is 0 Å². The van der Waals surface area contributed by atoms with Gasteiger partial charge in [-0.25, -0.2) is 9.78 Å². The molecule has 1 aliphatic rings. The molecule has 0 bridgehead atoms. The molecule has 1 aliphatic heterocycles. The van der Waals surface area contributed by atoms with Crippen LogP contribution in [0.15, 0.2) is 10.9 Å². The molecule has 0 spiro atoms. The Morgan fingerprint density at radius 2 is 2.19 bits per heavy atom. The molecule has 1 atom stereocenters. The van der Waals surface area contributed by atoms with Gasteiger partial charge < -0.3 is 14.6 Å². The Balaban J connectivity index is 2.10. The lowest BCUT2D eigenvalue weighted by atomic mass is 9.95. The number of carbonyl (C=O) groups excluding carboxylic acids is 1. The fourth-order valence-electron chi connectivity index (χ4n) is 2.52. The van der Waals surface area contributed by atoms with Crippen LogP contribution in [-0.2, 0) is 4.74 Å². The summed E-state index contributed by atoms with van der Waals surface area (Å²) in [7, 11) is 0. The van der Waals surface area contributed by atoms with Crippen LogP contribution in [0.25, 0.3) is 0 Å². The lowest BCUT2D eigenvalue weighted by molar-refractivity contribution is 0.0197. The number of ether oxygens (including phenoxy) is 1. The first kappa shape index (κ1) is 15.5. The zero-order valence-corrected chi connectivity index (χ0v) is 13.1. The number of nitrogens with one attached hydrogen (secondary N) is 1. The van der Waals surface area contributed by atoms with Gasteiger partial charge in [0.25, 0.3) is 5.56 Å². The predicted molar refractivity (Wildman–Crippen MR) is 79.4 cm³/mol. The second-order valence-electron chi connectivity index (χ2n) is 6.52. The van der Waals surface area contributed by atoms with Crippen molar-refractivity contribution in [1.29, 1.82) is 0 Å². The largest absolute Gasteiger partial charge is 0.444 e. The number of nitrogens with zero attached hydrogens (tertiary/aromatic N) is 2. The van der Waals surface area contributed by atoms with Crippen LogP contribution < -0.4 is 5.56 Å². The highest BCUT2D eigenvalue weighted by Crippen LogP contribution is 2.26. The standard InChI is InChI=1S/C15H23N3O3/c1-10-16-12(8-13(19)17-10)11-6-5-7-18(9-11)14(20)21-15(2,3)4/h8,11H,5-7,9H2,1-4H3,(H,16,17,19). The third-order valence-electron chi connectivity index (χ3n) is 3.37. The van der Waals surface area contributed by atoms with Crippen LogP contribution in [0, 0.1) is 6.92 Å². The summed E-state index contributed by atoms with van der Waals surface area (Å²) < 4.78 is 5.41. The summed E-state index contributed by atoms with van der Waals surface area (Å²) in [5, 5.41) is 0. The molecule has 1 N–H and O–H groups in total. The molecule has 2 heterocycles. The van der Waals surface area contributed by atoms with Crippen LogP contribution in [0.5, 0.6) is 0 Å². The van der Waals surface area contributed by atoms with E-state index in [-0.39, 0.29) is 17.6 Å². The van der Waals surface area contributed by atoms with E-state index in [1.165, 1.54) is 6.07 Å². The second-order valence-corrected chi connectivity index (χ2v) is 6.52. The van der Waals surface area contributed by atoms with Crippen LogP contribution in [-0.4, -0.2) is 39.7 Å². The Bertz CT molecular complexity index is 574. The predicted octanol–water partition coefficient (Wildman–Crippen LogP) is 2.19. The Morgan fingerprint density at radius 1 is 1.48 bits per heavy atom. The highest BCUT2D eigenvalue weighted by Gasteiger charge is 2.29.